The highest BCUT2D eigenvalue weighted by molar-refractivity contribution is 5.90. The quantitative estimate of drug-likeness (QED) is 0.366. The van der Waals surface area contributed by atoms with Crippen LogP contribution in [0.25, 0.3) is 0 Å². The summed E-state index contributed by atoms with van der Waals surface area (Å²) in [5, 5.41) is 24.4. The molecule has 2 N–H and O–H groups in total. The Morgan fingerprint density at radius 3 is 1.70 bits per heavy atom. The van der Waals surface area contributed by atoms with E-state index in [1.165, 1.54) is 26.0 Å². The molecule has 2 bridgehead atoms. The maximum Gasteiger partial charge on any atom is 0.338 e. The third-order valence-corrected chi connectivity index (χ3v) is 9.63. The molecule has 9 atom stereocenters. The van der Waals surface area contributed by atoms with Crippen molar-refractivity contribution in [1.29, 1.82) is 0 Å². The van der Waals surface area contributed by atoms with Gasteiger partial charge >= 0.3 is 23.9 Å². The van der Waals surface area contributed by atoms with Crippen molar-refractivity contribution in [3.63, 3.8) is 0 Å². The van der Waals surface area contributed by atoms with Gasteiger partial charge in [0.15, 0.2) is 11.7 Å². The van der Waals surface area contributed by atoms with Crippen LogP contribution in [0, 0.1) is 11.3 Å². The molecule has 2 aromatic carbocycles. The molecule has 5 rings (SSSR count). The molecule has 0 aromatic heterocycles. The van der Waals surface area contributed by atoms with Gasteiger partial charge in [0.05, 0.1) is 22.1 Å². The fourth-order valence-corrected chi connectivity index (χ4v) is 7.72. The third-order valence-electron chi connectivity index (χ3n) is 9.63. The SMILES string of the molecule is CC(=O)O[C@@H]1[C@H]2C[C@H](OC(=O)c3ccccc3)[C@]3(C)[C@@H](OC(=O)c4ccccc4)[C@H](O)[C@H](OC(C)=O)[C@](C)(O)[C@@]13OC2(C)C. The summed E-state index contributed by atoms with van der Waals surface area (Å²) in [5.41, 5.74) is -6.76. The Hall–Kier alpha value is -3.80. The second-order valence-corrected chi connectivity index (χ2v) is 12.7. The molecule has 0 unspecified atom stereocenters. The molecule has 2 saturated carbocycles. The Morgan fingerprint density at radius 1 is 0.727 bits per heavy atom. The first-order chi connectivity index (χ1) is 20.6. The maximum absolute atomic E-state index is 13.6. The summed E-state index contributed by atoms with van der Waals surface area (Å²) in [6, 6.07) is 16.3. The van der Waals surface area contributed by atoms with Crippen LogP contribution in [0.5, 0.6) is 0 Å². The number of fused-ring (bicyclic) bond motifs is 1. The maximum atomic E-state index is 13.6. The number of hydrogen-bond donors (Lipinski definition) is 2. The van der Waals surface area contributed by atoms with Crippen molar-refractivity contribution in [3.05, 3.63) is 71.8 Å². The molecule has 3 fully saturated rings. The normalized spacial score (nSPS) is 36.8. The third kappa shape index (κ3) is 4.69. The zero-order valence-electron chi connectivity index (χ0n) is 25.5. The minimum absolute atomic E-state index is 0.0577. The monoisotopic (exact) mass is 610 g/mol. The van der Waals surface area contributed by atoms with Gasteiger partial charge in [-0.25, -0.2) is 9.59 Å². The van der Waals surface area contributed by atoms with Crippen LogP contribution in [-0.2, 0) is 33.3 Å². The lowest BCUT2D eigenvalue weighted by molar-refractivity contribution is -0.368. The lowest BCUT2D eigenvalue weighted by Crippen LogP contribution is -2.85. The molecule has 0 radical (unpaired) electrons. The first-order valence-electron chi connectivity index (χ1n) is 14.5. The Labute approximate surface area is 255 Å². The summed E-state index contributed by atoms with van der Waals surface area (Å²) in [6.07, 6.45) is -7.41. The predicted molar refractivity (Wildman–Crippen MR) is 153 cm³/mol. The number of aliphatic hydroxyl groups is 2. The van der Waals surface area contributed by atoms with Crippen molar-refractivity contribution in [3.8, 4) is 0 Å². The molecule has 11 nitrogen and oxygen atoms in total. The molecule has 3 aliphatic rings. The average molecular weight is 611 g/mol. The van der Waals surface area contributed by atoms with Gasteiger partial charge in [0.25, 0.3) is 0 Å². The number of ether oxygens (including phenoxy) is 5. The van der Waals surface area contributed by atoms with Crippen molar-refractivity contribution in [2.45, 2.75) is 95.3 Å². The van der Waals surface area contributed by atoms with E-state index in [0.29, 0.717) is 0 Å². The number of carbonyl (C=O) groups excluding carboxylic acids is 4. The van der Waals surface area contributed by atoms with Crippen LogP contribution in [0.1, 0.15) is 68.7 Å². The molecular weight excluding hydrogens is 572 g/mol. The van der Waals surface area contributed by atoms with Crippen LogP contribution >= 0.6 is 0 Å². The number of benzene rings is 2. The predicted octanol–water partition coefficient (Wildman–Crippen LogP) is 3.00. The fraction of sp³-hybridized carbons (Fsp3) is 0.515. The summed E-state index contributed by atoms with van der Waals surface area (Å²) in [6.45, 7) is 8.69. The van der Waals surface area contributed by atoms with Crippen molar-refractivity contribution in [1.82, 2.24) is 0 Å². The van der Waals surface area contributed by atoms with E-state index in [1.54, 1.807) is 69.3 Å². The van der Waals surface area contributed by atoms with Gasteiger partial charge in [0.1, 0.15) is 30.0 Å². The Kier molecular flexibility index (Phi) is 7.89. The second-order valence-electron chi connectivity index (χ2n) is 12.7. The average Bonchev–Trinajstić information content (AvgIpc) is 3.15. The van der Waals surface area contributed by atoms with Crippen molar-refractivity contribution in [2.75, 3.05) is 0 Å². The van der Waals surface area contributed by atoms with Crippen LogP contribution in [0.3, 0.4) is 0 Å². The molecular formula is C33H38O11. The van der Waals surface area contributed by atoms with Crippen LogP contribution in [-0.4, -0.2) is 81.4 Å². The number of carbonyl (C=O) groups is 4. The van der Waals surface area contributed by atoms with Gasteiger partial charge in [-0.05, 0) is 58.4 Å². The van der Waals surface area contributed by atoms with E-state index in [-0.39, 0.29) is 17.5 Å². The Bertz CT molecular complexity index is 1440. The van der Waals surface area contributed by atoms with E-state index in [0.717, 1.165) is 6.92 Å². The smallest absolute Gasteiger partial charge is 0.338 e. The molecule has 2 aliphatic carbocycles. The molecule has 0 amide bonds. The molecule has 1 spiro atoms. The van der Waals surface area contributed by atoms with Gasteiger partial charge in [-0.2, -0.15) is 0 Å². The van der Waals surface area contributed by atoms with E-state index >= 15 is 0 Å². The van der Waals surface area contributed by atoms with E-state index in [9.17, 15) is 29.4 Å². The number of aliphatic hydroxyl groups excluding tert-OH is 1. The highest BCUT2D eigenvalue weighted by Gasteiger charge is 2.86. The van der Waals surface area contributed by atoms with Gasteiger partial charge < -0.3 is 33.9 Å². The Balaban J connectivity index is 1.75. The van der Waals surface area contributed by atoms with Gasteiger partial charge in [0.2, 0.25) is 0 Å². The molecule has 44 heavy (non-hydrogen) atoms. The molecule has 2 aromatic rings. The van der Waals surface area contributed by atoms with Crippen LogP contribution in [0.2, 0.25) is 0 Å². The fourth-order valence-electron chi connectivity index (χ4n) is 7.72. The van der Waals surface area contributed by atoms with Crippen molar-refractivity contribution < 1.29 is 53.1 Å². The van der Waals surface area contributed by atoms with E-state index in [1.807, 2.05) is 0 Å². The minimum Gasteiger partial charge on any atom is -0.459 e. The number of rotatable bonds is 6. The largest absolute Gasteiger partial charge is 0.459 e. The molecule has 236 valence electrons. The highest BCUT2D eigenvalue weighted by atomic mass is 16.6. The summed E-state index contributed by atoms with van der Waals surface area (Å²) in [5.74, 6) is -3.67. The summed E-state index contributed by atoms with van der Waals surface area (Å²) >= 11 is 0. The van der Waals surface area contributed by atoms with Crippen LogP contribution < -0.4 is 0 Å². The van der Waals surface area contributed by atoms with Gasteiger partial charge in [0, 0.05) is 19.8 Å². The number of hydrogen-bond acceptors (Lipinski definition) is 11. The standard InChI is InChI=1S/C33H38O11/c1-18(34)40-25-22-17-23(42-28(37)20-13-9-7-10-14-20)31(5)26(43-29(38)21-15-11-8-12-16-21)24(36)27(41-19(2)35)32(6,39)33(25,31)44-30(22,3)4/h7-16,22-27,36,39H,17H2,1-6H3/t22-,23+,24+,25-,26+,27+,31-,32+,33-/m1/s1. The van der Waals surface area contributed by atoms with Crippen molar-refractivity contribution >= 4 is 23.9 Å². The number of esters is 4. The molecule has 11 heteroatoms. The van der Waals surface area contributed by atoms with E-state index in [4.69, 9.17) is 23.7 Å². The van der Waals surface area contributed by atoms with Crippen molar-refractivity contribution in [2.24, 2.45) is 11.3 Å². The zero-order chi connectivity index (χ0) is 32.2. The van der Waals surface area contributed by atoms with Crippen LogP contribution in [0.4, 0.5) is 0 Å². The first-order valence-corrected chi connectivity index (χ1v) is 14.5. The Morgan fingerprint density at radius 2 is 1.20 bits per heavy atom. The summed E-state index contributed by atoms with van der Waals surface area (Å²) < 4.78 is 30.4. The lowest BCUT2D eigenvalue weighted by Gasteiger charge is -2.66. The lowest BCUT2D eigenvalue weighted by atomic mass is 9.46. The van der Waals surface area contributed by atoms with E-state index < -0.39 is 82.5 Å². The van der Waals surface area contributed by atoms with Gasteiger partial charge in [-0.15, -0.1) is 0 Å². The zero-order valence-corrected chi connectivity index (χ0v) is 25.5. The van der Waals surface area contributed by atoms with Crippen LogP contribution in [0.15, 0.2) is 60.7 Å². The summed E-state index contributed by atoms with van der Waals surface area (Å²) in [7, 11) is 0. The highest BCUT2D eigenvalue weighted by Crippen LogP contribution is 2.69. The molecule has 1 aliphatic heterocycles. The second kappa shape index (κ2) is 11.0. The first kappa shape index (κ1) is 31.6. The van der Waals surface area contributed by atoms with Gasteiger partial charge in [-0.3, -0.25) is 9.59 Å². The van der Waals surface area contributed by atoms with E-state index in [2.05, 4.69) is 0 Å². The molecule has 1 saturated heterocycles. The molecule has 1 heterocycles. The summed E-state index contributed by atoms with van der Waals surface area (Å²) in [4.78, 5) is 52.0. The minimum atomic E-state index is -2.27. The topological polar surface area (TPSA) is 155 Å². The van der Waals surface area contributed by atoms with Gasteiger partial charge in [-0.1, -0.05) is 36.4 Å².